The van der Waals surface area contributed by atoms with Gasteiger partial charge in [0.25, 0.3) is 5.24 Å². The van der Waals surface area contributed by atoms with E-state index < -0.39 is 5.25 Å². The highest BCUT2D eigenvalue weighted by Crippen LogP contribution is 2.35. The number of thioether (sulfide) groups is 1. The highest BCUT2D eigenvalue weighted by Gasteiger charge is 2.33. The number of imide groups is 1. The van der Waals surface area contributed by atoms with Gasteiger partial charge in [-0.3, -0.25) is 14.9 Å². The molecule has 1 unspecified atom stereocenters. The summed E-state index contributed by atoms with van der Waals surface area (Å²) < 4.78 is 17.6. The first-order chi connectivity index (χ1) is 19.5. The van der Waals surface area contributed by atoms with Gasteiger partial charge in [-0.25, -0.2) is 0 Å². The molecule has 0 spiro atoms. The highest BCUT2D eigenvalue weighted by molar-refractivity contribution is 8.15. The third-order valence-corrected chi connectivity index (χ3v) is 7.71. The van der Waals surface area contributed by atoms with Gasteiger partial charge in [0.2, 0.25) is 5.91 Å². The number of aryl methyl sites for hydroxylation is 2. The molecule has 1 fully saturated rings. The van der Waals surface area contributed by atoms with Crippen molar-refractivity contribution in [2.75, 3.05) is 13.2 Å². The van der Waals surface area contributed by atoms with E-state index in [2.05, 4.69) is 55.6 Å². The molecule has 2 amide bonds. The van der Waals surface area contributed by atoms with Gasteiger partial charge in [-0.2, -0.15) is 0 Å². The van der Waals surface area contributed by atoms with Crippen molar-refractivity contribution in [2.45, 2.75) is 57.6 Å². The number of allylic oxidation sites excluding steroid dienone is 2. The molecule has 0 aliphatic carbocycles. The van der Waals surface area contributed by atoms with Crippen LogP contribution >= 0.6 is 11.8 Å². The predicted octanol–water partition coefficient (Wildman–Crippen LogP) is 8.05. The summed E-state index contributed by atoms with van der Waals surface area (Å²) in [5.41, 5.74) is 5.58. The first-order valence-electron chi connectivity index (χ1n) is 13.9. The van der Waals surface area contributed by atoms with Crippen molar-refractivity contribution in [1.82, 2.24) is 5.32 Å². The number of carbonyl (C=O) groups excluding carboxylic acids is 2. The summed E-state index contributed by atoms with van der Waals surface area (Å²) in [4.78, 5) is 23.5. The Morgan fingerprint density at radius 1 is 1.02 bits per heavy atom. The van der Waals surface area contributed by atoms with E-state index in [9.17, 15) is 9.59 Å². The molecular weight excluding hydrogens is 522 g/mol. The Bertz CT molecular complexity index is 1330. The summed E-state index contributed by atoms with van der Waals surface area (Å²) in [5, 5.41) is 1.49. The Morgan fingerprint density at radius 2 is 1.85 bits per heavy atom. The molecular formula is C33H37NO5S. The van der Waals surface area contributed by atoms with Gasteiger partial charge in [-0.1, -0.05) is 55.8 Å². The molecule has 2 aromatic carbocycles. The van der Waals surface area contributed by atoms with Crippen molar-refractivity contribution < 1.29 is 23.5 Å². The molecule has 6 nitrogen and oxygen atoms in total. The molecule has 1 saturated heterocycles. The van der Waals surface area contributed by atoms with Crippen molar-refractivity contribution in [1.29, 1.82) is 0 Å². The van der Waals surface area contributed by atoms with E-state index in [1.54, 1.807) is 6.26 Å². The van der Waals surface area contributed by atoms with Gasteiger partial charge in [-0.05, 0) is 97.3 Å². The van der Waals surface area contributed by atoms with Crippen molar-refractivity contribution >= 4 is 29.0 Å². The normalized spacial score (nSPS) is 15.8. The van der Waals surface area contributed by atoms with E-state index in [0.29, 0.717) is 19.0 Å². The summed E-state index contributed by atoms with van der Waals surface area (Å²) in [6.07, 6.45) is 13.4. The second-order valence-corrected chi connectivity index (χ2v) is 10.9. The number of carbonyl (C=O) groups is 2. The van der Waals surface area contributed by atoms with E-state index in [1.165, 1.54) is 16.7 Å². The van der Waals surface area contributed by atoms with E-state index in [-0.39, 0.29) is 11.1 Å². The molecule has 0 radical (unpaired) electrons. The number of hydrogen-bond donors (Lipinski definition) is 1. The van der Waals surface area contributed by atoms with Crippen LogP contribution in [0.3, 0.4) is 0 Å². The molecule has 1 atom stereocenters. The van der Waals surface area contributed by atoms with Crippen LogP contribution in [0.2, 0.25) is 0 Å². The van der Waals surface area contributed by atoms with Crippen LogP contribution in [0, 0.1) is 0 Å². The first-order valence-corrected chi connectivity index (χ1v) is 14.7. The fourth-order valence-electron chi connectivity index (χ4n) is 4.50. The number of nitrogens with one attached hydrogen (secondary N) is 1. The van der Waals surface area contributed by atoms with Crippen LogP contribution in [0.15, 0.2) is 88.9 Å². The van der Waals surface area contributed by atoms with Crippen LogP contribution < -0.4 is 10.1 Å². The maximum Gasteiger partial charge on any atom is 0.286 e. The topological polar surface area (TPSA) is 77.8 Å². The maximum atomic E-state index is 12.0. The van der Waals surface area contributed by atoms with Crippen molar-refractivity contribution in [2.24, 2.45) is 0 Å². The van der Waals surface area contributed by atoms with Gasteiger partial charge in [0.05, 0.1) is 25.7 Å². The molecule has 4 rings (SSSR count). The van der Waals surface area contributed by atoms with Crippen molar-refractivity contribution in [3.8, 4) is 5.75 Å². The molecule has 1 N–H and O–H groups in total. The average molecular weight is 560 g/mol. The lowest BCUT2D eigenvalue weighted by atomic mass is 10.0. The third kappa shape index (κ3) is 8.65. The number of amides is 2. The summed E-state index contributed by atoms with van der Waals surface area (Å²) in [6.45, 7) is 5.43. The lowest BCUT2D eigenvalue weighted by Gasteiger charge is -2.12. The largest absolute Gasteiger partial charge is 0.494 e. The number of ether oxygens (including phenoxy) is 2. The van der Waals surface area contributed by atoms with Gasteiger partial charge in [0, 0.05) is 5.56 Å². The van der Waals surface area contributed by atoms with Gasteiger partial charge >= 0.3 is 0 Å². The third-order valence-electron chi connectivity index (χ3n) is 6.68. The van der Waals surface area contributed by atoms with E-state index in [4.69, 9.17) is 13.9 Å². The first kappa shape index (κ1) is 29.3. The van der Waals surface area contributed by atoms with Gasteiger partial charge in [0.1, 0.15) is 16.8 Å². The smallest absolute Gasteiger partial charge is 0.286 e. The number of benzene rings is 2. The highest BCUT2D eigenvalue weighted by atomic mass is 32.2. The van der Waals surface area contributed by atoms with Gasteiger partial charge in [0.15, 0.2) is 0 Å². The van der Waals surface area contributed by atoms with Crippen LogP contribution in [-0.2, 0) is 22.4 Å². The molecule has 1 aliphatic heterocycles. The number of hydrogen-bond acceptors (Lipinski definition) is 6. The fraction of sp³-hybridized carbons (Fsp3) is 0.333. The Balaban J connectivity index is 1.25. The lowest BCUT2D eigenvalue weighted by Crippen LogP contribution is -2.20. The molecule has 7 heteroatoms. The van der Waals surface area contributed by atoms with Crippen LogP contribution in [0.5, 0.6) is 5.75 Å². The SMILES string of the molecule is CCC/C(C)=C(/C=C\c1cocc1CCc1ccccc1)OCCCCOc1cccc(C2SC(=O)NC2=O)c1. The van der Waals surface area contributed by atoms with Crippen LogP contribution in [0.1, 0.15) is 67.0 Å². The second-order valence-electron chi connectivity index (χ2n) is 9.82. The molecule has 40 heavy (non-hydrogen) atoms. The summed E-state index contributed by atoms with van der Waals surface area (Å²) in [7, 11) is 0. The van der Waals surface area contributed by atoms with E-state index >= 15 is 0 Å². The van der Waals surface area contributed by atoms with Crippen LogP contribution in [0.4, 0.5) is 4.79 Å². The van der Waals surface area contributed by atoms with E-state index in [1.807, 2.05) is 36.6 Å². The zero-order valence-corrected chi connectivity index (χ0v) is 24.0. The second kappa shape index (κ2) is 15.2. The van der Waals surface area contributed by atoms with Crippen LogP contribution in [-0.4, -0.2) is 24.4 Å². The number of furan rings is 1. The average Bonchev–Trinajstić information content (AvgIpc) is 3.56. The molecule has 2 heterocycles. The molecule has 1 aromatic heterocycles. The maximum absolute atomic E-state index is 12.0. The Hall–Kier alpha value is -3.71. The summed E-state index contributed by atoms with van der Waals surface area (Å²) >= 11 is 0.997. The molecule has 1 aliphatic rings. The fourth-order valence-corrected chi connectivity index (χ4v) is 5.33. The van der Waals surface area contributed by atoms with Gasteiger partial charge < -0.3 is 13.9 Å². The van der Waals surface area contributed by atoms with Gasteiger partial charge in [-0.15, -0.1) is 0 Å². The number of rotatable bonds is 15. The zero-order chi connectivity index (χ0) is 28.2. The Labute approximate surface area is 240 Å². The minimum absolute atomic E-state index is 0.281. The lowest BCUT2D eigenvalue weighted by molar-refractivity contribution is -0.119. The number of unbranched alkanes of at least 4 members (excludes halogenated alkanes) is 1. The summed E-state index contributed by atoms with van der Waals surface area (Å²) in [6, 6.07) is 17.9. The zero-order valence-electron chi connectivity index (χ0n) is 23.2. The van der Waals surface area contributed by atoms with E-state index in [0.717, 1.165) is 67.2 Å². The minimum atomic E-state index is -0.518. The molecule has 0 saturated carbocycles. The standard InChI is InChI=1S/C33H37NO5S/c1-3-10-24(2)30(18-17-28-23-37-22-27(28)16-15-25-11-5-4-6-12-25)39-20-8-7-19-38-29-14-9-13-26(21-29)31-32(35)34-33(36)40-31/h4-6,9,11-14,17-18,21-23,31H,3,7-8,10,15-16,19-20H2,1-2H3,(H,34,35,36)/b18-17-,30-24-. The van der Waals surface area contributed by atoms with Crippen LogP contribution in [0.25, 0.3) is 6.08 Å². The molecule has 210 valence electrons. The quantitative estimate of drug-likeness (QED) is 0.115. The predicted molar refractivity (Wildman–Crippen MR) is 160 cm³/mol. The summed E-state index contributed by atoms with van der Waals surface area (Å²) in [5.74, 6) is 1.32. The monoisotopic (exact) mass is 559 g/mol. The molecule has 3 aromatic rings. The minimum Gasteiger partial charge on any atom is -0.494 e. The van der Waals surface area contributed by atoms with Crippen molar-refractivity contribution in [3.63, 3.8) is 0 Å². The Kier molecular flexibility index (Phi) is 11.1. The Morgan fingerprint density at radius 3 is 2.62 bits per heavy atom. The molecule has 0 bridgehead atoms. The van der Waals surface area contributed by atoms with Crippen molar-refractivity contribution in [3.05, 3.63) is 107 Å².